The number of hydrogen-bond donors (Lipinski definition) is 0. The Labute approximate surface area is 124 Å². The van der Waals surface area contributed by atoms with Gasteiger partial charge in [-0.25, -0.2) is 14.1 Å². The van der Waals surface area contributed by atoms with Crippen LogP contribution in [-0.4, -0.2) is 30.6 Å². The summed E-state index contributed by atoms with van der Waals surface area (Å²) in [4.78, 5) is 36.9. The average Bonchev–Trinajstić information content (AvgIpc) is 2.98. The van der Waals surface area contributed by atoms with Gasteiger partial charge in [-0.05, 0) is 24.3 Å². The average molecular weight is 312 g/mol. The SMILES string of the molecule is COC(=O)C1(F)CC12CC(=O)N(c1ccc(Cl)cc1)C2=O. The first-order valence-corrected chi connectivity index (χ1v) is 6.64. The van der Waals surface area contributed by atoms with E-state index in [0.717, 1.165) is 12.0 Å². The van der Waals surface area contributed by atoms with E-state index in [9.17, 15) is 18.8 Å². The molecule has 0 N–H and O–H groups in total. The summed E-state index contributed by atoms with van der Waals surface area (Å²) in [6, 6.07) is 6.05. The second kappa shape index (κ2) is 4.27. The molecule has 1 aromatic rings. The van der Waals surface area contributed by atoms with Crippen LogP contribution >= 0.6 is 11.6 Å². The number of halogens is 2. The topological polar surface area (TPSA) is 63.7 Å². The van der Waals surface area contributed by atoms with Gasteiger partial charge in [0.2, 0.25) is 17.5 Å². The zero-order valence-corrected chi connectivity index (χ0v) is 11.8. The van der Waals surface area contributed by atoms with Crippen molar-refractivity contribution in [2.45, 2.75) is 18.5 Å². The predicted molar refractivity (Wildman–Crippen MR) is 71.5 cm³/mol. The monoisotopic (exact) mass is 311 g/mol. The van der Waals surface area contributed by atoms with Crippen molar-refractivity contribution in [3.63, 3.8) is 0 Å². The Morgan fingerprint density at radius 1 is 1.33 bits per heavy atom. The molecular weight excluding hydrogens is 301 g/mol. The third-order valence-electron chi connectivity index (χ3n) is 4.09. The number of esters is 1. The Kier molecular flexibility index (Phi) is 2.85. The van der Waals surface area contributed by atoms with Crippen LogP contribution in [0.2, 0.25) is 5.02 Å². The molecule has 7 heteroatoms. The van der Waals surface area contributed by atoms with Crippen LogP contribution in [0, 0.1) is 5.41 Å². The molecule has 1 aliphatic carbocycles. The van der Waals surface area contributed by atoms with Crippen LogP contribution in [0.3, 0.4) is 0 Å². The van der Waals surface area contributed by atoms with E-state index in [4.69, 9.17) is 11.6 Å². The largest absolute Gasteiger partial charge is 0.467 e. The van der Waals surface area contributed by atoms with Crippen LogP contribution in [0.25, 0.3) is 0 Å². The lowest BCUT2D eigenvalue weighted by Gasteiger charge is -2.15. The molecule has 5 nitrogen and oxygen atoms in total. The molecule has 0 bridgehead atoms. The molecule has 1 aliphatic heterocycles. The first kappa shape index (κ1) is 14.0. The maximum Gasteiger partial charge on any atom is 0.344 e. The molecule has 2 unspecified atom stereocenters. The number of rotatable bonds is 2. The Balaban J connectivity index is 1.95. The summed E-state index contributed by atoms with van der Waals surface area (Å²) in [7, 11) is 1.05. The van der Waals surface area contributed by atoms with Crippen LogP contribution in [0.4, 0.5) is 10.1 Å². The lowest BCUT2D eigenvalue weighted by atomic mass is 10.0. The van der Waals surface area contributed by atoms with E-state index in [2.05, 4.69) is 4.74 Å². The van der Waals surface area contributed by atoms with Gasteiger partial charge in [0.15, 0.2) is 0 Å². The molecule has 2 aliphatic rings. The fourth-order valence-electron chi connectivity index (χ4n) is 2.84. The van der Waals surface area contributed by atoms with E-state index in [-0.39, 0.29) is 12.8 Å². The van der Waals surface area contributed by atoms with Crippen molar-refractivity contribution in [3.8, 4) is 0 Å². The van der Waals surface area contributed by atoms with E-state index in [1.165, 1.54) is 24.3 Å². The molecule has 110 valence electrons. The molecule has 2 amide bonds. The Morgan fingerprint density at radius 2 is 1.95 bits per heavy atom. The minimum Gasteiger partial charge on any atom is -0.467 e. The van der Waals surface area contributed by atoms with E-state index >= 15 is 0 Å². The van der Waals surface area contributed by atoms with Crippen molar-refractivity contribution in [3.05, 3.63) is 29.3 Å². The first-order valence-electron chi connectivity index (χ1n) is 6.26. The van der Waals surface area contributed by atoms with Gasteiger partial charge in [-0.2, -0.15) is 0 Å². The summed E-state index contributed by atoms with van der Waals surface area (Å²) in [5.41, 5.74) is -3.71. The third kappa shape index (κ3) is 1.72. The van der Waals surface area contributed by atoms with E-state index in [1.54, 1.807) is 0 Å². The van der Waals surface area contributed by atoms with Crippen LogP contribution in [-0.2, 0) is 19.1 Å². The second-order valence-corrected chi connectivity index (χ2v) is 5.68. The Bertz CT molecular complexity index is 661. The highest BCUT2D eigenvalue weighted by Crippen LogP contribution is 2.65. The van der Waals surface area contributed by atoms with Crippen molar-refractivity contribution < 1.29 is 23.5 Å². The number of benzene rings is 1. The van der Waals surface area contributed by atoms with Crippen LogP contribution in [0.15, 0.2) is 24.3 Å². The standard InChI is InChI=1S/C14H11ClFNO4/c1-21-12(20)14(16)7-13(14)6-10(18)17(11(13)19)9-4-2-8(15)3-5-9/h2-5H,6-7H2,1H3. The zero-order valence-electron chi connectivity index (χ0n) is 11.1. The summed E-state index contributed by atoms with van der Waals surface area (Å²) in [5, 5.41) is 0.452. The zero-order chi connectivity index (χ0) is 15.4. The van der Waals surface area contributed by atoms with Crippen molar-refractivity contribution in [1.82, 2.24) is 0 Å². The fraction of sp³-hybridized carbons (Fsp3) is 0.357. The first-order chi connectivity index (χ1) is 9.85. The molecule has 0 radical (unpaired) electrons. The molecular formula is C14H11ClFNO4. The smallest absolute Gasteiger partial charge is 0.344 e. The number of anilines is 1. The Morgan fingerprint density at radius 3 is 2.52 bits per heavy atom. The van der Waals surface area contributed by atoms with Gasteiger partial charge in [0.05, 0.1) is 12.8 Å². The maximum absolute atomic E-state index is 14.5. The maximum atomic E-state index is 14.5. The summed E-state index contributed by atoms with van der Waals surface area (Å²) in [6.07, 6.45) is -0.651. The van der Waals surface area contributed by atoms with Gasteiger partial charge in [-0.1, -0.05) is 11.6 Å². The molecule has 2 fully saturated rings. The Hall–Kier alpha value is -1.95. The number of methoxy groups -OCH3 is 1. The van der Waals surface area contributed by atoms with Gasteiger partial charge >= 0.3 is 5.97 Å². The fourth-order valence-corrected chi connectivity index (χ4v) is 2.97. The molecule has 2 atom stereocenters. The molecule has 21 heavy (non-hydrogen) atoms. The molecule has 1 spiro atoms. The second-order valence-electron chi connectivity index (χ2n) is 5.24. The van der Waals surface area contributed by atoms with Gasteiger partial charge in [0.1, 0.15) is 5.41 Å². The quantitative estimate of drug-likeness (QED) is 0.618. The normalized spacial score (nSPS) is 30.9. The lowest BCUT2D eigenvalue weighted by Crippen LogP contribution is -2.35. The number of carbonyl (C=O) groups is 3. The van der Waals surface area contributed by atoms with Crippen molar-refractivity contribution in [1.29, 1.82) is 0 Å². The summed E-state index contributed by atoms with van der Waals surface area (Å²) in [6.45, 7) is 0. The summed E-state index contributed by atoms with van der Waals surface area (Å²) >= 11 is 5.76. The summed E-state index contributed by atoms with van der Waals surface area (Å²) < 4.78 is 18.9. The van der Waals surface area contributed by atoms with E-state index in [1.807, 2.05) is 0 Å². The minimum atomic E-state index is -2.41. The predicted octanol–water partition coefficient (Wildman–Crippen LogP) is 1.87. The molecule has 1 saturated carbocycles. The molecule has 3 rings (SSSR count). The molecule has 0 aromatic heterocycles. The molecule has 1 saturated heterocycles. The number of carbonyl (C=O) groups excluding carboxylic acids is 3. The van der Waals surface area contributed by atoms with Gasteiger partial charge in [-0.3, -0.25) is 9.59 Å². The third-order valence-corrected chi connectivity index (χ3v) is 4.34. The van der Waals surface area contributed by atoms with Crippen molar-refractivity contribution in [2.75, 3.05) is 12.0 Å². The summed E-state index contributed by atoms with van der Waals surface area (Å²) in [5.74, 6) is -2.35. The number of imide groups is 1. The number of alkyl halides is 1. The number of amides is 2. The van der Waals surface area contributed by atoms with Gasteiger partial charge < -0.3 is 4.74 Å². The van der Waals surface area contributed by atoms with Gasteiger partial charge in [0.25, 0.3) is 0 Å². The van der Waals surface area contributed by atoms with E-state index < -0.39 is 28.9 Å². The minimum absolute atomic E-state index is 0.311. The number of ether oxygens (including phenoxy) is 1. The van der Waals surface area contributed by atoms with Crippen molar-refractivity contribution in [2.24, 2.45) is 5.41 Å². The van der Waals surface area contributed by atoms with Crippen LogP contribution in [0.5, 0.6) is 0 Å². The lowest BCUT2D eigenvalue weighted by molar-refractivity contribution is -0.151. The molecule has 1 heterocycles. The highest BCUT2D eigenvalue weighted by molar-refractivity contribution is 6.31. The van der Waals surface area contributed by atoms with Gasteiger partial charge in [-0.15, -0.1) is 0 Å². The number of nitrogens with zero attached hydrogens (tertiary/aromatic N) is 1. The number of hydrogen-bond acceptors (Lipinski definition) is 4. The van der Waals surface area contributed by atoms with Crippen LogP contribution in [0.1, 0.15) is 12.8 Å². The van der Waals surface area contributed by atoms with E-state index in [0.29, 0.717) is 10.7 Å². The van der Waals surface area contributed by atoms with Gasteiger partial charge in [0, 0.05) is 17.9 Å². The highest BCUT2D eigenvalue weighted by atomic mass is 35.5. The highest BCUT2D eigenvalue weighted by Gasteiger charge is 2.82. The van der Waals surface area contributed by atoms with Crippen molar-refractivity contribution >= 4 is 35.1 Å². The molecule has 1 aromatic carbocycles. The van der Waals surface area contributed by atoms with Crippen LogP contribution < -0.4 is 4.90 Å².